The van der Waals surface area contributed by atoms with E-state index in [1.54, 1.807) is 0 Å². The number of furan rings is 1. The molecule has 1 aromatic heterocycles. The van der Waals surface area contributed by atoms with Crippen LogP contribution in [0.2, 0.25) is 0 Å². The molecule has 1 nitrogen and oxygen atoms in total. The van der Waals surface area contributed by atoms with Gasteiger partial charge in [-0.1, -0.05) is 103 Å². The predicted molar refractivity (Wildman–Crippen MR) is 165 cm³/mol. The number of hydrogen-bond donors (Lipinski definition) is 0. The molecule has 178 valence electrons. The zero-order chi connectivity index (χ0) is 32.2. The molecular weight excluding hydrogens is 528 g/mol. The molecule has 7 aromatic carbocycles. The summed E-state index contributed by atoms with van der Waals surface area (Å²) in [5, 5.41) is 4.26. The lowest BCUT2D eigenvalue weighted by Gasteiger charge is -2.15. The number of fused-ring (bicyclic) bond motifs is 6. The molecule has 8 aromatic rings. The Morgan fingerprint density at radius 3 is 1.84 bits per heavy atom. The van der Waals surface area contributed by atoms with Crippen LogP contribution in [0.15, 0.2) is 136 Å². The highest BCUT2D eigenvalue weighted by Crippen LogP contribution is 2.45. The molecule has 0 radical (unpaired) electrons. The van der Waals surface area contributed by atoms with E-state index in [2.05, 4.69) is 22.0 Å². The van der Waals surface area contributed by atoms with Gasteiger partial charge in [0.2, 0.25) is 0 Å². The standard InChI is InChI=1S/C36H21BrO/c37-35-28-16-8-6-14-26(28)34(27-15-7-9-17-29(27)35)25-19-30(22-10-2-1-3-11-22)36-32(20-25)31-18-23-12-4-5-13-24(23)21-33(31)38-36/h1-21H/i6D,7D,8D,9D,14D,15D,16D,17D. The van der Waals surface area contributed by atoms with Crippen LogP contribution >= 0.6 is 15.9 Å². The van der Waals surface area contributed by atoms with Crippen molar-refractivity contribution in [2.45, 2.75) is 0 Å². The summed E-state index contributed by atoms with van der Waals surface area (Å²) in [5.41, 5.74) is 3.72. The monoisotopic (exact) mass is 556 g/mol. The van der Waals surface area contributed by atoms with E-state index in [4.69, 9.17) is 15.4 Å². The molecule has 8 rings (SSSR count). The summed E-state index contributed by atoms with van der Waals surface area (Å²) in [4.78, 5) is 0. The SMILES string of the molecule is [2H]c1c([2H])c([2H])c2c(-c3cc(-c4ccccc4)c4oc5cc6ccccc6cc5c4c3)c3c([2H])c([2H])c([2H])c([2H])c3c(Br)c2c1[2H]. The molecule has 0 saturated heterocycles. The molecule has 0 unspecified atom stereocenters. The minimum absolute atomic E-state index is 0.142. The van der Waals surface area contributed by atoms with Gasteiger partial charge in [0.1, 0.15) is 11.2 Å². The molecule has 38 heavy (non-hydrogen) atoms. The lowest BCUT2D eigenvalue weighted by molar-refractivity contribution is 0.670. The maximum Gasteiger partial charge on any atom is 0.143 e. The lowest BCUT2D eigenvalue weighted by atomic mass is 9.89. The topological polar surface area (TPSA) is 13.1 Å². The molecule has 0 N–H and O–H groups in total. The Balaban J connectivity index is 1.65. The predicted octanol–water partition coefficient (Wildman–Crippen LogP) is 11.1. The molecule has 0 saturated carbocycles. The minimum atomic E-state index is -0.435. The van der Waals surface area contributed by atoms with Crippen LogP contribution in [0.5, 0.6) is 0 Å². The van der Waals surface area contributed by atoms with Gasteiger partial charge in [0.15, 0.2) is 0 Å². The van der Waals surface area contributed by atoms with Gasteiger partial charge in [-0.05, 0) is 89.2 Å². The average Bonchev–Trinajstić information content (AvgIpc) is 3.43. The Hall–Kier alpha value is -4.40. The number of benzene rings is 7. The fourth-order valence-electron chi connectivity index (χ4n) is 5.41. The van der Waals surface area contributed by atoms with Crippen molar-refractivity contribution in [1.29, 1.82) is 0 Å². The fraction of sp³-hybridized carbons (Fsp3) is 0. The van der Waals surface area contributed by atoms with Crippen LogP contribution in [0.4, 0.5) is 0 Å². The summed E-state index contributed by atoms with van der Waals surface area (Å²) in [6.45, 7) is 0. The van der Waals surface area contributed by atoms with Gasteiger partial charge in [-0.15, -0.1) is 0 Å². The van der Waals surface area contributed by atoms with Crippen molar-refractivity contribution >= 4 is 70.2 Å². The number of halogens is 1. The van der Waals surface area contributed by atoms with Crippen LogP contribution in [-0.2, 0) is 0 Å². The van der Waals surface area contributed by atoms with E-state index in [-0.39, 0.29) is 50.2 Å². The molecule has 0 aliphatic heterocycles. The van der Waals surface area contributed by atoms with Gasteiger partial charge in [0.05, 0.1) is 11.0 Å². The normalized spacial score (nSPS) is 14.8. The van der Waals surface area contributed by atoms with Gasteiger partial charge in [-0.3, -0.25) is 0 Å². The van der Waals surface area contributed by atoms with Gasteiger partial charge in [0.25, 0.3) is 0 Å². The van der Waals surface area contributed by atoms with Crippen LogP contribution < -0.4 is 0 Å². The Morgan fingerprint density at radius 2 is 1.16 bits per heavy atom. The quantitative estimate of drug-likeness (QED) is 0.193. The smallest absolute Gasteiger partial charge is 0.143 e. The fourth-order valence-corrected chi connectivity index (χ4v) is 6.00. The second kappa shape index (κ2) is 8.31. The zero-order valence-corrected chi connectivity index (χ0v) is 21.4. The number of rotatable bonds is 2. The highest BCUT2D eigenvalue weighted by atomic mass is 79.9. The zero-order valence-electron chi connectivity index (χ0n) is 27.8. The first-order chi connectivity index (χ1) is 22.1. The summed E-state index contributed by atoms with van der Waals surface area (Å²) in [6, 6.07) is 22.5. The lowest BCUT2D eigenvalue weighted by Crippen LogP contribution is -1.89. The summed E-state index contributed by atoms with van der Waals surface area (Å²) < 4.78 is 76.6. The third-order valence-corrected chi connectivity index (χ3v) is 7.92. The van der Waals surface area contributed by atoms with E-state index in [9.17, 15) is 0 Å². The van der Waals surface area contributed by atoms with E-state index in [1.165, 1.54) is 0 Å². The maximum absolute atomic E-state index is 9.06. The largest absolute Gasteiger partial charge is 0.455 e. The molecule has 0 fully saturated rings. The molecule has 0 bridgehead atoms. The molecule has 2 heteroatoms. The first kappa shape index (κ1) is 15.1. The van der Waals surface area contributed by atoms with Crippen molar-refractivity contribution < 1.29 is 15.4 Å². The van der Waals surface area contributed by atoms with Gasteiger partial charge < -0.3 is 4.42 Å². The second-order valence-electron chi connectivity index (χ2n) is 9.25. The number of hydrogen-bond acceptors (Lipinski definition) is 1. The first-order valence-corrected chi connectivity index (χ1v) is 12.9. The molecular formula is C36H21BrO. The van der Waals surface area contributed by atoms with Gasteiger partial charge in [0, 0.05) is 20.8 Å². The highest BCUT2D eigenvalue weighted by molar-refractivity contribution is 9.10. The summed E-state index contributed by atoms with van der Waals surface area (Å²) >= 11 is 3.51. The molecule has 0 aliphatic carbocycles. The van der Waals surface area contributed by atoms with Gasteiger partial charge in [-0.25, -0.2) is 0 Å². The molecule has 0 aliphatic rings. The van der Waals surface area contributed by atoms with Crippen LogP contribution in [-0.4, -0.2) is 0 Å². The van der Waals surface area contributed by atoms with E-state index in [0.29, 0.717) is 22.3 Å². The van der Waals surface area contributed by atoms with Crippen LogP contribution in [0.25, 0.3) is 76.5 Å². The van der Waals surface area contributed by atoms with Gasteiger partial charge in [-0.2, -0.15) is 0 Å². The molecule has 0 atom stereocenters. The third kappa shape index (κ3) is 3.17. The van der Waals surface area contributed by atoms with Crippen molar-refractivity contribution in [3.63, 3.8) is 0 Å². The van der Waals surface area contributed by atoms with Crippen molar-refractivity contribution in [3.05, 3.63) is 132 Å². The Kier molecular flexibility index (Phi) is 3.30. The Bertz CT molecular complexity index is 2550. The van der Waals surface area contributed by atoms with Crippen molar-refractivity contribution in [2.75, 3.05) is 0 Å². The van der Waals surface area contributed by atoms with Crippen LogP contribution in [0, 0.1) is 0 Å². The Labute approximate surface area is 239 Å². The third-order valence-electron chi connectivity index (χ3n) is 7.13. The summed E-state index contributed by atoms with van der Waals surface area (Å²) in [6.07, 6.45) is 0. The molecule has 0 amide bonds. The van der Waals surface area contributed by atoms with E-state index >= 15 is 0 Å². The molecule has 1 heterocycles. The second-order valence-corrected chi connectivity index (χ2v) is 10.0. The average molecular weight is 558 g/mol. The van der Waals surface area contributed by atoms with Crippen LogP contribution in [0.1, 0.15) is 11.0 Å². The van der Waals surface area contributed by atoms with Crippen LogP contribution in [0.3, 0.4) is 0 Å². The van der Waals surface area contributed by atoms with Crippen molar-refractivity contribution in [1.82, 2.24) is 0 Å². The highest BCUT2D eigenvalue weighted by Gasteiger charge is 2.19. The molecule has 0 spiro atoms. The summed E-state index contributed by atoms with van der Waals surface area (Å²) in [5.74, 6) is 0. The van der Waals surface area contributed by atoms with Crippen molar-refractivity contribution in [2.24, 2.45) is 0 Å². The van der Waals surface area contributed by atoms with Gasteiger partial charge >= 0.3 is 0 Å². The summed E-state index contributed by atoms with van der Waals surface area (Å²) in [7, 11) is 0. The van der Waals surface area contributed by atoms with E-state index in [1.807, 2.05) is 72.8 Å². The van der Waals surface area contributed by atoms with E-state index < -0.39 is 24.2 Å². The minimum Gasteiger partial charge on any atom is -0.455 e. The maximum atomic E-state index is 9.06. The van der Waals surface area contributed by atoms with Crippen molar-refractivity contribution in [3.8, 4) is 22.3 Å². The Morgan fingerprint density at radius 1 is 0.553 bits per heavy atom. The van der Waals surface area contributed by atoms with E-state index in [0.717, 1.165) is 32.7 Å². The first-order valence-electron chi connectivity index (χ1n) is 16.1.